The van der Waals surface area contributed by atoms with Gasteiger partial charge in [-0.25, -0.2) is 0 Å². The van der Waals surface area contributed by atoms with Crippen molar-refractivity contribution in [2.24, 2.45) is 0 Å². The minimum Gasteiger partial charge on any atom is -0.363 e. The van der Waals surface area contributed by atoms with Crippen molar-refractivity contribution < 1.29 is 4.52 Å². The molecule has 0 unspecified atom stereocenters. The summed E-state index contributed by atoms with van der Waals surface area (Å²) in [6.45, 7) is 0. The number of rotatable bonds is 0. The molecule has 1 aromatic carbocycles. The van der Waals surface area contributed by atoms with Crippen molar-refractivity contribution in [1.29, 1.82) is 0 Å². The lowest BCUT2D eigenvalue weighted by Gasteiger charge is -1.94. The standard InChI is InChI=1S/C10H6N2O/c1-2-4-9-8(3-1)10-7(5-11-9)6-13-12-10/h1-6H. The molecule has 0 saturated heterocycles. The molecule has 0 amide bonds. The molecule has 2 aromatic heterocycles. The van der Waals surface area contributed by atoms with Crippen LogP contribution in [-0.4, -0.2) is 10.1 Å². The molecular weight excluding hydrogens is 164 g/mol. The Labute approximate surface area is 74.0 Å². The summed E-state index contributed by atoms with van der Waals surface area (Å²) in [4.78, 5) is 4.28. The highest BCUT2D eigenvalue weighted by Crippen LogP contribution is 2.20. The molecule has 0 bridgehead atoms. The van der Waals surface area contributed by atoms with E-state index in [-0.39, 0.29) is 0 Å². The van der Waals surface area contributed by atoms with Gasteiger partial charge < -0.3 is 4.52 Å². The summed E-state index contributed by atoms with van der Waals surface area (Å²) in [5.41, 5.74) is 1.83. The molecule has 0 aliphatic rings. The van der Waals surface area contributed by atoms with Crippen LogP contribution in [0.3, 0.4) is 0 Å². The van der Waals surface area contributed by atoms with Crippen LogP contribution in [0.2, 0.25) is 0 Å². The van der Waals surface area contributed by atoms with E-state index >= 15 is 0 Å². The Hall–Kier alpha value is -1.90. The number of aromatic nitrogens is 2. The summed E-state index contributed by atoms with van der Waals surface area (Å²) in [5.74, 6) is 0. The third-order valence-corrected chi connectivity index (χ3v) is 2.10. The number of hydrogen-bond acceptors (Lipinski definition) is 3. The van der Waals surface area contributed by atoms with Gasteiger partial charge in [-0.05, 0) is 6.07 Å². The average Bonchev–Trinajstić information content (AvgIpc) is 2.65. The maximum absolute atomic E-state index is 4.88. The third-order valence-electron chi connectivity index (χ3n) is 2.10. The van der Waals surface area contributed by atoms with Crippen molar-refractivity contribution in [1.82, 2.24) is 10.1 Å². The number of fused-ring (bicyclic) bond motifs is 3. The van der Waals surface area contributed by atoms with Gasteiger partial charge >= 0.3 is 0 Å². The van der Waals surface area contributed by atoms with Crippen molar-refractivity contribution in [3.05, 3.63) is 36.7 Å². The highest BCUT2D eigenvalue weighted by Gasteiger charge is 2.03. The van der Waals surface area contributed by atoms with E-state index in [9.17, 15) is 0 Å². The van der Waals surface area contributed by atoms with E-state index in [2.05, 4.69) is 10.1 Å². The Morgan fingerprint density at radius 3 is 3.08 bits per heavy atom. The molecule has 0 N–H and O–H groups in total. The van der Waals surface area contributed by atoms with Gasteiger partial charge in [0.2, 0.25) is 0 Å². The van der Waals surface area contributed by atoms with Gasteiger partial charge in [-0.3, -0.25) is 4.98 Å². The molecule has 62 valence electrons. The van der Waals surface area contributed by atoms with E-state index in [0.717, 1.165) is 21.8 Å². The van der Waals surface area contributed by atoms with E-state index in [1.54, 1.807) is 12.5 Å². The Bertz CT molecular complexity index is 571. The SMILES string of the molecule is c1ccc2c(c1)ncc1conc12. The first-order valence-electron chi connectivity index (χ1n) is 4.03. The zero-order valence-electron chi connectivity index (χ0n) is 6.77. The second-order valence-corrected chi connectivity index (χ2v) is 2.89. The van der Waals surface area contributed by atoms with Crippen LogP contribution in [0.15, 0.2) is 41.2 Å². The molecule has 0 radical (unpaired) electrons. The van der Waals surface area contributed by atoms with Crippen molar-refractivity contribution in [3.8, 4) is 0 Å². The smallest absolute Gasteiger partial charge is 0.133 e. The normalized spacial score (nSPS) is 11.1. The van der Waals surface area contributed by atoms with Gasteiger partial charge in [0, 0.05) is 11.6 Å². The first kappa shape index (κ1) is 6.60. The highest BCUT2D eigenvalue weighted by molar-refractivity contribution is 6.02. The molecule has 0 spiro atoms. The number of benzene rings is 1. The molecule has 3 heteroatoms. The third kappa shape index (κ3) is 0.839. The number of nitrogens with zero attached hydrogens (tertiary/aromatic N) is 2. The lowest BCUT2D eigenvalue weighted by atomic mass is 10.2. The van der Waals surface area contributed by atoms with Gasteiger partial charge in [0.1, 0.15) is 11.8 Å². The molecule has 0 saturated carbocycles. The van der Waals surface area contributed by atoms with Crippen LogP contribution in [0.1, 0.15) is 0 Å². The Balaban J connectivity index is 2.65. The summed E-state index contributed by atoms with van der Waals surface area (Å²) < 4.78 is 4.88. The van der Waals surface area contributed by atoms with Crippen molar-refractivity contribution in [2.45, 2.75) is 0 Å². The fourth-order valence-corrected chi connectivity index (χ4v) is 1.47. The molecule has 3 aromatic rings. The van der Waals surface area contributed by atoms with Crippen LogP contribution in [0.4, 0.5) is 0 Å². The quantitative estimate of drug-likeness (QED) is 0.520. The van der Waals surface area contributed by atoms with E-state index < -0.39 is 0 Å². The molecule has 2 heterocycles. The maximum atomic E-state index is 4.88. The summed E-state index contributed by atoms with van der Waals surface area (Å²) in [6, 6.07) is 7.88. The zero-order valence-corrected chi connectivity index (χ0v) is 6.77. The minimum absolute atomic E-state index is 0.880. The lowest BCUT2D eigenvalue weighted by Crippen LogP contribution is -1.78. The zero-order chi connectivity index (χ0) is 8.67. The molecule has 3 nitrogen and oxygen atoms in total. The van der Waals surface area contributed by atoms with Crippen LogP contribution in [0.25, 0.3) is 21.8 Å². The Morgan fingerprint density at radius 1 is 1.15 bits per heavy atom. The van der Waals surface area contributed by atoms with E-state index in [0.29, 0.717) is 0 Å². The van der Waals surface area contributed by atoms with Gasteiger partial charge in [0.05, 0.1) is 10.9 Å². The average molecular weight is 170 g/mol. The van der Waals surface area contributed by atoms with E-state index in [4.69, 9.17) is 4.52 Å². The number of hydrogen-bond donors (Lipinski definition) is 0. The predicted molar refractivity (Wildman–Crippen MR) is 49.3 cm³/mol. The summed E-state index contributed by atoms with van der Waals surface area (Å²) in [6.07, 6.45) is 3.38. The second kappa shape index (κ2) is 2.29. The molecule has 13 heavy (non-hydrogen) atoms. The van der Waals surface area contributed by atoms with Crippen LogP contribution >= 0.6 is 0 Å². The molecule has 0 fully saturated rings. The van der Waals surface area contributed by atoms with Crippen LogP contribution in [0, 0.1) is 0 Å². The number of para-hydroxylation sites is 1. The monoisotopic (exact) mass is 170 g/mol. The first-order valence-corrected chi connectivity index (χ1v) is 4.03. The minimum atomic E-state index is 0.880. The highest BCUT2D eigenvalue weighted by atomic mass is 16.5. The van der Waals surface area contributed by atoms with Crippen LogP contribution in [0.5, 0.6) is 0 Å². The van der Waals surface area contributed by atoms with Gasteiger partial charge in [-0.1, -0.05) is 23.4 Å². The van der Waals surface area contributed by atoms with Crippen LogP contribution < -0.4 is 0 Å². The fourth-order valence-electron chi connectivity index (χ4n) is 1.47. The summed E-state index contributed by atoms with van der Waals surface area (Å²) in [5, 5.41) is 5.91. The summed E-state index contributed by atoms with van der Waals surface area (Å²) >= 11 is 0. The molecular formula is C10H6N2O. The number of pyridine rings is 1. The van der Waals surface area contributed by atoms with Crippen molar-refractivity contribution in [2.75, 3.05) is 0 Å². The van der Waals surface area contributed by atoms with Gasteiger partial charge in [0.15, 0.2) is 0 Å². The largest absolute Gasteiger partial charge is 0.363 e. The van der Waals surface area contributed by atoms with Gasteiger partial charge in [0.25, 0.3) is 0 Å². The lowest BCUT2D eigenvalue weighted by molar-refractivity contribution is 0.428. The molecule has 3 rings (SSSR count). The van der Waals surface area contributed by atoms with E-state index in [1.807, 2.05) is 24.3 Å². The molecule has 0 atom stereocenters. The van der Waals surface area contributed by atoms with Crippen LogP contribution in [-0.2, 0) is 0 Å². The maximum Gasteiger partial charge on any atom is 0.133 e. The van der Waals surface area contributed by atoms with Gasteiger partial charge in [-0.2, -0.15) is 0 Å². The first-order chi connectivity index (χ1) is 6.45. The van der Waals surface area contributed by atoms with Crippen molar-refractivity contribution >= 4 is 21.8 Å². The molecule has 0 aliphatic carbocycles. The Morgan fingerprint density at radius 2 is 2.08 bits per heavy atom. The predicted octanol–water partition coefficient (Wildman–Crippen LogP) is 2.38. The fraction of sp³-hybridized carbons (Fsp3) is 0. The van der Waals surface area contributed by atoms with Crippen molar-refractivity contribution in [3.63, 3.8) is 0 Å². The summed E-state index contributed by atoms with van der Waals surface area (Å²) in [7, 11) is 0. The Kier molecular flexibility index (Phi) is 1.16. The molecule has 0 aliphatic heterocycles. The second-order valence-electron chi connectivity index (χ2n) is 2.89. The topological polar surface area (TPSA) is 38.9 Å². The van der Waals surface area contributed by atoms with E-state index in [1.165, 1.54) is 0 Å². The van der Waals surface area contributed by atoms with Gasteiger partial charge in [-0.15, -0.1) is 0 Å².